The topological polar surface area (TPSA) is 78.9 Å². The Morgan fingerprint density at radius 2 is 0.618 bits per heavy atom. The van der Waals surface area contributed by atoms with Crippen LogP contribution < -0.4 is 0 Å². The second-order valence-corrected chi connectivity index (χ2v) is 17.0. The van der Waals surface area contributed by atoms with Crippen LogP contribution in [0.2, 0.25) is 0 Å². The van der Waals surface area contributed by atoms with Gasteiger partial charge in [-0.05, 0) is 122 Å². The molecule has 68 heavy (non-hydrogen) atoms. The van der Waals surface area contributed by atoms with Crippen molar-refractivity contribution in [3.63, 3.8) is 0 Å². The van der Waals surface area contributed by atoms with E-state index in [0.29, 0.717) is 19.3 Å². The van der Waals surface area contributed by atoms with Crippen LogP contribution in [0.15, 0.2) is 146 Å². The van der Waals surface area contributed by atoms with Crippen molar-refractivity contribution in [1.29, 1.82) is 0 Å². The fraction of sp³-hybridized carbons (Fsp3) is 0.565. The standard InChI is InChI=1S/C62H96O6/c1-4-7-10-13-16-19-22-25-28-30-31-33-34-37-40-43-46-49-52-55-61(64)67-58-59(57-66-60(63)54-51-48-45-42-39-36-27-24-21-18-15-12-9-6-3)68-62(65)56-53-50-47-44-41-38-35-32-29-26-23-20-17-14-11-8-5-2/h7-8,10-11,16-17,19-20,24-29,31,33,35,37-38,40,44,46-47,49,59H,4-6,9,12-15,18,21-23,30,32,34,36,39,41-43,45,48,50-58H2,1-3H3/b10-7-,11-8-,19-16-,20-17-,27-24-,28-25-,29-26-,33-31-,38-35-,40-37-,47-44-,49-46-. The Labute approximate surface area is 417 Å². The van der Waals surface area contributed by atoms with Crippen molar-refractivity contribution in [3.8, 4) is 0 Å². The van der Waals surface area contributed by atoms with Crippen molar-refractivity contribution in [2.45, 2.75) is 213 Å². The number of unbranched alkanes of at least 4 members (excludes halogenated alkanes) is 11. The average Bonchev–Trinajstić information content (AvgIpc) is 3.34. The summed E-state index contributed by atoms with van der Waals surface area (Å²) in [5, 5.41) is 0. The molecule has 0 bridgehead atoms. The Morgan fingerprint density at radius 1 is 0.309 bits per heavy atom. The van der Waals surface area contributed by atoms with Crippen LogP contribution in [0, 0.1) is 0 Å². The van der Waals surface area contributed by atoms with Crippen molar-refractivity contribution >= 4 is 17.9 Å². The third-order valence-electron chi connectivity index (χ3n) is 10.6. The summed E-state index contributed by atoms with van der Waals surface area (Å²) in [5.74, 6) is -1.10. The maximum Gasteiger partial charge on any atom is 0.306 e. The van der Waals surface area contributed by atoms with Gasteiger partial charge in [-0.3, -0.25) is 14.4 Å². The maximum absolute atomic E-state index is 12.8. The molecule has 0 aliphatic rings. The molecule has 0 aromatic carbocycles. The van der Waals surface area contributed by atoms with E-state index >= 15 is 0 Å². The lowest BCUT2D eigenvalue weighted by Crippen LogP contribution is -2.30. The first kappa shape index (κ1) is 63.3. The highest BCUT2D eigenvalue weighted by molar-refractivity contribution is 5.71. The highest BCUT2D eigenvalue weighted by Gasteiger charge is 2.19. The zero-order valence-electron chi connectivity index (χ0n) is 43.3. The van der Waals surface area contributed by atoms with E-state index in [-0.39, 0.29) is 38.0 Å². The molecule has 0 aromatic rings. The molecule has 0 saturated carbocycles. The van der Waals surface area contributed by atoms with Gasteiger partial charge in [-0.25, -0.2) is 0 Å². The lowest BCUT2D eigenvalue weighted by atomic mass is 10.1. The molecule has 0 amide bonds. The molecular formula is C62H96O6. The second kappa shape index (κ2) is 54.9. The zero-order chi connectivity index (χ0) is 49.3. The summed E-state index contributed by atoms with van der Waals surface area (Å²) in [6, 6.07) is 0. The molecule has 0 saturated heterocycles. The minimum absolute atomic E-state index is 0.134. The van der Waals surface area contributed by atoms with Crippen LogP contribution in [-0.2, 0) is 28.6 Å². The summed E-state index contributed by atoms with van der Waals surface area (Å²) >= 11 is 0. The van der Waals surface area contributed by atoms with Gasteiger partial charge < -0.3 is 14.2 Å². The van der Waals surface area contributed by atoms with Gasteiger partial charge in [-0.1, -0.05) is 212 Å². The summed E-state index contributed by atoms with van der Waals surface area (Å²) in [5.41, 5.74) is 0. The Hall–Kier alpha value is -4.71. The van der Waals surface area contributed by atoms with Gasteiger partial charge in [0.15, 0.2) is 6.10 Å². The normalized spacial score (nSPS) is 13.3. The molecule has 0 radical (unpaired) electrons. The molecule has 0 rings (SSSR count). The van der Waals surface area contributed by atoms with Gasteiger partial charge in [-0.15, -0.1) is 0 Å². The van der Waals surface area contributed by atoms with Crippen molar-refractivity contribution in [3.05, 3.63) is 146 Å². The largest absolute Gasteiger partial charge is 0.462 e. The lowest BCUT2D eigenvalue weighted by Gasteiger charge is -2.18. The molecule has 0 fully saturated rings. The second-order valence-electron chi connectivity index (χ2n) is 17.0. The SMILES string of the molecule is CC/C=C\C/C=C\C/C=C\C/C=C\C/C=C\C/C=C\CCC(=O)OCC(COC(=O)CCCCCCC/C=C\CCCCCCC)OC(=O)CCC/C=C\C/C=C\C/C=C\C/C=C\C/C=C\CC. The van der Waals surface area contributed by atoms with E-state index in [1.807, 2.05) is 12.2 Å². The molecule has 0 aliphatic heterocycles. The van der Waals surface area contributed by atoms with Crippen molar-refractivity contribution < 1.29 is 28.6 Å². The smallest absolute Gasteiger partial charge is 0.306 e. The van der Waals surface area contributed by atoms with E-state index in [0.717, 1.165) is 109 Å². The van der Waals surface area contributed by atoms with E-state index in [1.54, 1.807) is 0 Å². The van der Waals surface area contributed by atoms with Crippen LogP contribution in [0.1, 0.15) is 207 Å². The summed E-state index contributed by atoms with van der Waals surface area (Å²) in [6.45, 7) is 6.26. The first-order valence-corrected chi connectivity index (χ1v) is 26.8. The third-order valence-corrected chi connectivity index (χ3v) is 10.6. The summed E-state index contributed by atoms with van der Waals surface area (Å²) in [6.07, 6.45) is 78.5. The first-order chi connectivity index (χ1) is 33.5. The molecule has 0 spiro atoms. The van der Waals surface area contributed by atoms with E-state index in [2.05, 4.69) is 154 Å². The highest BCUT2D eigenvalue weighted by Crippen LogP contribution is 2.11. The van der Waals surface area contributed by atoms with Gasteiger partial charge in [0.25, 0.3) is 0 Å². The molecule has 1 atom stereocenters. The van der Waals surface area contributed by atoms with Crippen molar-refractivity contribution in [2.24, 2.45) is 0 Å². The van der Waals surface area contributed by atoms with Gasteiger partial charge in [0, 0.05) is 19.3 Å². The predicted molar refractivity (Wildman–Crippen MR) is 292 cm³/mol. The number of carbonyl (C=O) groups excluding carboxylic acids is 3. The van der Waals surface area contributed by atoms with E-state index in [1.165, 1.54) is 44.9 Å². The van der Waals surface area contributed by atoms with Crippen molar-refractivity contribution in [2.75, 3.05) is 13.2 Å². The van der Waals surface area contributed by atoms with E-state index in [9.17, 15) is 14.4 Å². The van der Waals surface area contributed by atoms with Gasteiger partial charge >= 0.3 is 17.9 Å². The highest BCUT2D eigenvalue weighted by atomic mass is 16.6. The van der Waals surface area contributed by atoms with Gasteiger partial charge in [0.05, 0.1) is 0 Å². The number of hydrogen-bond acceptors (Lipinski definition) is 6. The summed E-state index contributed by atoms with van der Waals surface area (Å²) in [7, 11) is 0. The molecule has 0 heterocycles. The van der Waals surface area contributed by atoms with Crippen LogP contribution in [0.4, 0.5) is 0 Å². The monoisotopic (exact) mass is 937 g/mol. The Kier molecular flexibility index (Phi) is 51.1. The average molecular weight is 937 g/mol. The predicted octanol–water partition coefficient (Wildman–Crippen LogP) is 18.0. The van der Waals surface area contributed by atoms with Gasteiger partial charge in [0.2, 0.25) is 0 Å². The molecule has 1 unspecified atom stereocenters. The first-order valence-electron chi connectivity index (χ1n) is 26.8. The molecule has 0 aliphatic carbocycles. The fourth-order valence-corrected chi connectivity index (χ4v) is 6.61. The van der Waals surface area contributed by atoms with Crippen LogP contribution in [-0.4, -0.2) is 37.2 Å². The van der Waals surface area contributed by atoms with Crippen LogP contribution in [0.25, 0.3) is 0 Å². The number of rotatable bonds is 46. The maximum atomic E-state index is 12.8. The Balaban J connectivity index is 4.64. The minimum atomic E-state index is -0.848. The van der Waals surface area contributed by atoms with Crippen LogP contribution in [0.3, 0.4) is 0 Å². The summed E-state index contributed by atoms with van der Waals surface area (Å²) in [4.78, 5) is 38.0. The molecular weight excluding hydrogens is 841 g/mol. The van der Waals surface area contributed by atoms with Crippen molar-refractivity contribution in [1.82, 2.24) is 0 Å². The molecule has 6 heteroatoms. The minimum Gasteiger partial charge on any atom is -0.462 e. The third kappa shape index (κ3) is 52.3. The zero-order valence-corrected chi connectivity index (χ0v) is 43.3. The lowest BCUT2D eigenvalue weighted by molar-refractivity contribution is -0.166. The molecule has 0 N–H and O–H groups in total. The van der Waals surface area contributed by atoms with E-state index in [4.69, 9.17) is 14.2 Å². The Bertz CT molecular complexity index is 1540. The number of allylic oxidation sites excluding steroid dienone is 24. The van der Waals surface area contributed by atoms with Crippen LogP contribution >= 0.6 is 0 Å². The van der Waals surface area contributed by atoms with Crippen LogP contribution in [0.5, 0.6) is 0 Å². The molecule has 6 nitrogen and oxygen atoms in total. The molecule has 380 valence electrons. The number of ether oxygens (including phenoxy) is 3. The van der Waals surface area contributed by atoms with E-state index < -0.39 is 12.1 Å². The number of carbonyl (C=O) groups is 3. The quantitative estimate of drug-likeness (QED) is 0.0262. The number of hydrogen-bond donors (Lipinski definition) is 0. The Morgan fingerprint density at radius 3 is 1.04 bits per heavy atom. The fourth-order valence-electron chi connectivity index (χ4n) is 6.61. The molecule has 0 aromatic heterocycles. The number of esters is 3. The summed E-state index contributed by atoms with van der Waals surface area (Å²) < 4.78 is 16.7. The van der Waals surface area contributed by atoms with Gasteiger partial charge in [-0.2, -0.15) is 0 Å². The van der Waals surface area contributed by atoms with Gasteiger partial charge in [0.1, 0.15) is 13.2 Å².